The number of benzene rings is 1. The molecule has 0 spiro atoms. The predicted molar refractivity (Wildman–Crippen MR) is 65.7 cm³/mol. The third-order valence-corrected chi connectivity index (χ3v) is 3.95. The number of halogens is 2. The molecule has 0 aromatic heterocycles. The smallest absolute Gasteiger partial charge is 0.137 e. The van der Waals surface area contributed by atoms with Crippen molar-refractivity contribution in [1.29, 1.82) is 0 Å². The molecule has 1 aromatic rings. The predicted octanol–water partition coefficient (Wildman–Crippen LogP) is 2.86. The van der Waals surface area contributed by atoms with Crippen molar-refractivity contribution in [2.24, 2.45) is 0 Å². The molecule has 17 heavy (non-hydrogen) atoms. The molecular formula is C12H17F2NOS. The molecule has 1 atom stereocenters. The third-order valence-electron chi connectivity index (χ3n) is 2.21. The first-order valence-electron chi connectivity index (χ1n) is 5.29. The first-order chi connectivity index (χ1) is 7.71. The first kappa shape index (κ1) is 14.4. The fraction of sp³-hybridized carbons (Fsp3) is 0.500. The Morgan fingerprint density at radius 2 is 1.88 bits per heavy atom. The van der Waals surface area contributed by atoms with Crippen LogP contribution in [0.5, 0.6) is 0 Å². The third kappa shape index (κ3) is 3.94. The molecule has 1 rings (SSSR count). The quantitative estimate of drug-likeness (QED) is 0.782. The summed E-state index contributed by atoms with van der Waals surface area (Å²) in [4.78, 5) is 0. The molecule has 0 saturated carbocycles. The van der Waals surface area contributed by atoms with Crippen LogP contribution in [-0.4, -0.2) is 20.7 Å². The van der Waals surface area contributed by atoms with Crippen LogP contribution in [0.4, 0.5) is 8.78 Å². The van der Waals surface area contributed by atoms with Crippen LogP contribution in [0.25, 0.3) is 0 Å². The van der Waals surface area contributed by atoms with E-state index in [1.54, 1.807) is 7.05 Å². The summed E-state index contributed by atoms with van der Waals surface area (Å²) in [5.41, 5.74) is 0.213. The molecule has 0 bridgehead atoms. The van der Waals surface area contributed by atoms with E-state index < -0.39 is 27.7 Å². The SMILES string of the molecule is CN(Cc1cc(F)ccc1F)[S@@+]([O-])C(C)(C)C. The van der Waals surface area contributed by atoms with Crippen LogP contribution in [0, 0.1) is 11.6 Å². The molecule has 0 aliphatic carbocycles. The lowest BCUT2D eigenvalue weighted by Crippen LogP contribution is -2.40. The van der Waals surface area contributed by atoms with E-state index in [0.29, 0.717) is 0 Å². The van der Waals surface area contributed by atoms with Crippen LogP contribution >= 0.6 is 0 Å². The lowest BCUT2D eigenvalue weighted by atomic mass is 10.2. The highest BCUT2D eigenvalue weighted by molar-refractivity contribution is 7.90. The van der Waals surface area contributed by atoms with Gasteiger partial charge in [-0.15, -0.1) is 4.31 Å². The standard InChI is InChI=1S/C12H17F2NOS/c1-12(2,3)17(16)15(4)8-9-7-10(13)5-6-11(9)14/h5-7H,8H2,1-4H3/t17-/m0/s1. The topological polar surface area (TPSA) is 26.3 Å². The first-order valence-corrected chi connectivity index (χ1v) is 6.39. The molecular weight excluding hydrogens is 244 g/mol. The molecule has 96 valence electrons. The summed E-state index contributed by atoms with van der Waals surface area (Å²) in [5, 5.41) is 0. The van der Waals surface area contributed by atoms with Gasteiger partial charge in [0.25, 0.3) is 0 Å². The second kappa shape index (κ2) is 5.33. The Kier molecular flexibility index (Phi) is 4.52. The summed E-state index contributed by atoms with van der Waals surface area (Å²) in [6, 6.07) is 3.28. The Bertz CT molecular complexity index is 393. The zero-order valence-corrected chi connectivity index (χ0v) is 11.3. The van der Waals surface area contributed by atoms with Crippen molar-refractivity contribution in [3.05, 3.63) is 35.4 Å². The monoisotopic (exact) mass is 261 g/mol. The van der Waals surface area contributed by atoms with Crippen molar-refractivity contribution in [3.8, 4) is 0 Å². The van der Waals surface area contributed by atoms with Crippen LogP contribution < -0.4 is 0 Å². The van der Waals surface area contributed by atoms with Crippen molar-refractivity contribution < 1.29 is 13.3 Å². The zero-order valence-electron chi connectivity index (χ0n) is 10.5. The second-order valence-electron chi connectivity index (χ2n) is 4.88. The van der Waals surface area contributed by atoms with E-state index in [2.05, 4.69) is 0 Å². The van der Waals surface area contributed by atoms with Crippen LogP contribution in [0.1, 0.15) is 26.3 Å². The van der Waals surface area contributed by atoms with Crippen molar-refractivity contribution in [3.63, 3.8) is 0 Å². The molecule has 5 heteroatoms. The molecule has 0 N–H and O–H groups in total. The summed E-state index contributed by atoms with van der Waals surface area (Å²) in [6.07, 6.45) is 0. The van der Waals surface area contributed by atoms with Crippen LogP contribution in [0.3, 0.4) is 0 Å². The van der Waals surface area contributed by atoms with Gasteiger partial charge in [-0.25, -0.2) is 8.78 Å². The summed E-state index contributed by atoms with van der Waals surface area (Å²) in [6.45, 7) is 5.62. The molecule has 0 fully saturated rings. The minimum Gasteiger partial charge on any atom is -0.597 e. The minimum atomic E-state index is -1.25. The van der Waals surface area contributed by atoms with Gasteiger partial charge in [-0.3, -0.25) is 0 Å². The zero-order chi connectivity index (χ0) is 13.2. The number of rotatable bonds is 3. The van der Waals surface area contributed by atoms with Gasteiger partial charge in [-0.05, 0) is 39.0 Å². The van der Waals surface area contributed by atoms with Gasteiger partial charge >= 0.3 is 0 Å². The van der Waals surface area contributed by atoms with Crippen molar-refractivity contribution in [1.82, 2.24) is 4.31 Å². The summed E-state index contributed by atoms with van der Waals surface area (Å²) >= 11 is -1.25. The highest BCUT2D eigenvalue weighted by Gasteiger charge is 2.31. The van der Waals surface area contributed by atoms with Gasteiger partial charge in [0.2, 0.25) is 0 Å². The molecule has 2 nitrogen and oxygen atoms in total. The van der Waals surface area contributed by atoms with Gasteiger partial charge in [0.05, 0.1) is 6.54 Å². The maximum atomic E-state index is 13.4. The molecule has 0 heterocycles. The minimum absolute atomic E-state index is 0.119. The van der Waals surface area contributed by atoms with E-state index in [1.807, 2.05) is 20.8 Å². The molecule has 0 amide bonds. The van der Waals surface area contributed by atoms with Crippen molar-refractivity contribution >= 4 is 11.4 Å². The highest BCUT2D eigenvalue weighted by Crippen LogP contribution is 2.21. The van der Waals surface area contributed by atoms with Gasteiger partial charge in [0.1, 0.15) is 16.4 Å². The Labute approximate surface area is 104 Å². The number of hydrogen-bond donors (Lipinski definition) is 0. The Morgan fingerprint density at radius 1 is 1.29 bits per heavy atom. The molecule has 0 radical (unpaired) electrons. The molecule has 0 unspecified atom stereocenters. The average Bonchev–Trinajstić information content (AvgIpc) is 2.21. The van der Waals surface area contributed by atoms with Gasteiger partial charge in [-0.2, -0.15) is 0 Å². The van der Waals surface area contributed by atoms with Crippen LogP contribution in [0.15, 0.2) is 18.2 Å². The second-order valence-corrected chi connectivity index (χ2v) is 7.23. The van der Waals surface area contributed by atoms with Crippen molar-refractivity contribution in [2.45, 2.75) is 32.1 Å². The van der Waals surface area contributed by atoms with E-state index in [1.165, 1.54) is 4.31 Å². The largest absolute Gasteiger partial charge is 0.597 e. The van der Waals surface area contributed by atoms with Crippen molar-refractivity contribution in [2.75, 3.05) is 7.05 Å². The fourth-order valence-electron chi connectivity index (χ4n) is 1.43. The number of hydrogen-bond acceptors (Lipinski definition) is 2. The van der Waals surface area contributed by atoms with E-state index >= 15 is 0 Å². The highest BCUT2D eigenvalue weighted by atomic mass is 32.2. The van der Waals surface area contributed by atoms with Gasteiger partial charge in [0.15, 0.2) is 0 Å². The van der Waals surface area contributed by atoms with Gasteiger partial charge < -0.3 is 4.55 Å². The number of nitrogens with zero attached hydrogens (tertiary/aromatic N) is 1. The summed E-state index contributed by atoms with van der Waals surface area (Å²) in [5.74, 6) is -0.972. The lowest BCUT2D eigenvalue weighted by molar-refractivity contribution is 0.432. The van der Waals surface area contributed by atoms with E-state index in [4.69, 9.17) is 0 Å². The molecule has 1 aromatic carbocycles. The lowest BCUT2D eigenvalue weighted by Gasteiger charge is -2.30. The fourth-order valence-corrected chi connectivity index (χ4v) is 2.62. The van der Waals surface area contributed by atoms with Gasteiger partial charge in [0, 0.05) is 24.0 Å². The van der Waals surface area contributed by atoms with E-state index in [9.17, 15) is 13.3 Å². The van der Waals surface area contributed by atoms with E-state index in [0.717, 1.165) is 18.2 Å². The maximum Gasteiger partial charge on any atom is 0.137 e. The molecule has 0 saturated heterocycles. The Morgan fingerprint density at radius 3 is 2.41 bits per heavy atom. The van der Waals surface area contributed by atoms with Crippen LogP contribution in [0.2, 0.25) is 0 Å². The maximum absolute atomic E-state index is 13.4. The normalized spacial score (nSPS) is 14.1. The summed E-state index contributed by atoms with van der Waals surface area (Å²) in [7, 11) is 1.63. The average molecular weight is 261 g/mol. The molecule has 0 aliphatic heterocycles. The van der Waals surface area contributed by atoms with Crippen LogP contribution in [-0.2, 0) is 17.9 Å². The van der Waals surface area contributed by atoms with E-state index in [-0.39, 0.29) is 12.1 Å². The Hall–Kier alpha value is -0.650. The van der Waals surface area contributed by atoms with Gasteiger partial charge in [-0.1, -0.05) is 0 Å². The summed E-state index contributed by atoms with van der Waals surface area (Å²) < 4.78 is 39.4. The Balaban J connectivity index is 2.81. The molecule has 0 aliphatic rings.